The third-order valence-electron chi connectivity index (χ3n) is 3.83. The summed E-state index contributed by atoms with van der Waals surface area (Å²) in [6.07, 6.45) is 4.31. The van der Waals surface area contributed by atoms with Crippen LogP contribution >= 0.6 is 0 Å². The van der Waals surface area contributed by atoms with Crippen molar-refractivity contribution in [2.24, 2.45) is 19.8 Å². The number of nitrogens with zero attached hydrogens (tertiary/aromatic N) is 2. The second-order valence-corrected chi connectivity index (χ2v) is 7.11. The topological polar surface area (TPSA) is 116 Å². The Labute approximate surface area is 122 Å². The number of rotatable bonds is 3. The average molecular weight is 316 g/mol. The zero-order valence-electron chi connectivity index (χ0n) is 12.1. The van der Waals surface area contributed by atoms with E-state index < -0.39 is 26.2 Å². The molecule has 0 unspecified atom stereocenters. The molecule has 0 spiro atoms. The lowest BCUT2D eigenvalue weighted by atomic mass is 9.92. The summed E-state index contributed by atoms with van der Waals surface area (Å²) in [5, 5.41) is 0. The summed E-state index contributed by atoms with van der Waals surface area (Å²) in [6.45, 7) is 0. The lowest BCUT2D eigenvalue weighted by Gasteiger charge is -2.28. The van der Waals surface area contributed by atoms with E-state index in [-0.39, 0.29) is 12.1 Å². The Kier molecular flexibility index (Phi) is 4.35. The molecule has 1 fully saturated rings. The first-order chi connectivity index (χ1) is 9.74. The van der Waals surface area contributed by atoms with Gasteiger partial charge in [0.15, 0.2) is 4.90 Å². The summed E-state index contributed by atoms with van der Waals surface area (Å²) < 4.78 is 29.1. The SMILES string of the molecule is Cn1cc(S(=O)(=O)N[C@@H]2CCCC[C@H]2N)c(=O)n(C)c1=O. The van der Waals surface area contributed by atoms with E-state index in [9.17, 15) is 18.0 Å². The predicted octanol–water partition coefficient (Wildman–Crippen LogP) is -1.37. The summed E-state index contributed by atoms with van der Waals surface area (Å²) in [4.78, 5) is 23.2. The Hall–Kier alpha value is -1.45. The van der Waals surface area contributed by atoms with Crippen LogP contribution in [-0.2, 0) is 24.1 Å². The van der Waals surface area contributed by atoms with Crippen LogP contribution in [0.15, 0.2) is 20.7 Å². The molecule has 0 aliphatic heterocycles. The second-order valence-electron chi connectivity index (χ2n) is 5.43. The van der Waals surface area contributed by atoms with Crippen molar-refractivity contribution in [2.75, 3.05) is 0 Å². The molecule has 1 saturated carbocycles. The van der Waals surface area contributed by atoms with E-state index in [4.69, 9.17) is 5.73 Å². The highest BCUT2D eigenvalue weighted by atomic mass is 32.2. The average Bonchev–Trinajstić information content (AvgIpc) is 2.42. The van der Waals surface area contributed by atoms with Gasteiger partial charge in [0, 0.05) is 32.4 Å². The summed E-state index contributed by atoms with van der Waals surface area (Å²) in [6, 6.07) is -0.643. The van der Waals surface area contributed by atoms with Crippen LogP contribution in [0, 0.1) is 0 Å². The van der Waals surface area contributed by atoms with Crippen LogP contribution in [0.25, 0.3) is 0 Å². The van der Waals surface area contributed by atoms with E-state index >= 15 is 0 Å². The molecule has 2 atom stereocenters. The van der Waals surface area contributed by atoms with Crippen molar-refractivity contribution in [2.45, 2.75) is 42.7 Å². The van der Waals surface area contributed by atoms with Gasteiger partial charge >= 0.3 is 5.69 Å². The van der Waals surface area contributed by atoms with Gasteiger partial charge in [-0.15, -0.1) is 0 Å². The summed E-state index contributed by atoms with van der Waals surface area (Å²) in [5.41, 5.74) is 4.51. The monoisotopic (exact) mass is 316 g/mol. The summed E-state index contributed by atoms with van der Waals surface area (Å²) >= 11 is 0. The maximum Gasteiger partial charge on any atom is 0.330 e. The molecule has 0 amide bonds. The smallest absolute Gasteiger partial charge is 0.326 e. The molecule has 9 heteroatoms. The molecule has 1 aromatic heterocycles. The Morgan fingerprint density at radius 1 is 1.24 bits per heavy atom. The highest BCUT2D eigenvalue weighted by Gasteiger charge is 2.29. The largest absolute Gasteiger partial charge is 0.330 e. The molecule has 118 valence electrons. The third-order valence-corrected chi connectivity index (χ3v) is 5.30. The van der Waals surface area contributed by atoms with Gasteiger partial charge in [0.05, 0.1) is 0 Å². The fourth-order valence-electron chi connectivity index (χ4n) is 2.53. The lowest BCUT2D eigenvalue weighted by molar-refractivity contribution is 0.361. The maximum absolute atomic E-state index is 12.4. The maximum atomic E-state index is 12.4. The first-order valence-electron chi connectivity index (χ1n) is 6.78. The van der Waals surface area contributed by atoms with Crippen LogP contribution in [0.2, 0.25) is 0 Å². The van der Waals surface area contributed by atoms with Gasteiger partial charge in [-0.05, 0) is 12.8 Å². The number of hydrogen-bond donors (Lipinski definition) is 2. The Balaban J connectivity index is 2.41. The van der Waals surface area contributed by atoms with Crippen molar-refractivity contribution < 1.29 is 8.42 Å². The number of nitrogens with two attached hydrogens (primary N) is 1. The molecule has 3 N–H and O–H groups in total. The van der Waals surface area contributed by atoms with Gasteiger partial charge in [0.2, 0.25) is 10.0 Å². The van der Waals surface area contributed by atoms with E-state index in [0.717, 1.165) is 34.6 Å². The second kappa shape index (κ2) is 5.74. The third kappa shape index (κ3) is 3.09. The molecule has 0 aromatic carbocycles. The Morgan fingerprint density at radius 2 is 1.86 bits per heavy atom. The Morgan fingerprint density at radius 3 is 2.48 bits per heavy atom. The van der Waals surface area contributed by atoms with Gasteiger partial charge in [0.1, 0.15) is 0 Å². The molecule has 0 bridgehead atoms. The number of aromatic nitrogens is 2. The fourth-order valence-corrected chi connectivity index (χ4v) is 4.01. The minimum atomic E-state index is -4.01. The minimum Gasteiger partial charge on any atom is -0.326 e. The number of aryl methyl sites for hydroxylation is 1. The van der Waals surface area contributed by atoms with Gasteiger partial charge in [-0.3, -0.25) is 9.36 Å². The van der Waals surface area contributed by atoms with Gasteiger partial charge in [-0.2, -0.15) is 0 Å². The molecule has 21 heavy (non-hydrogen) atoms. The first kappa shape index (κ1) is 15.9. The van der Waals surface area contributed by atoms with Gasteiger partial charge in [0.25, 0.3) is 5.56 Å². The minimum absolute atomic E-state index is 0.259. The summed E-state index contributed by atoms with van der Waals surface area (Å²) in [7, 11) is -1.37. The van der Waals surface area contributed by atoms with Crippen LogP contribution in [0.5, 0.6) is 0 Å². The molecule has 0 saturated heterocycles. The summed E-state index contributed by atoms with van der Waals surface area (Å²) in [5.74, 6) is 0. The first-order valence-corrected chi connectivity index (χ1v) is 8.27. The lowest BCUT2D eigenvalue weighted by Crippen LogP contribution is -2.50. The molecular formula is C12H20N4O4S. The number of hydrogen-bond acceptors (Lipinski definition) is 5. The van der Waals surface area contributed by atoms with Gasteiger partial charge < -0.3 is 10.3 Å². The van der Waals surface area contributed by atoms with Crippen molar-refractivity contribution in [1.82, 2.24) is 13.9 Å². The Bertz CT molecular complexity index is 750. The fraction of sp³-hybridized carbons (Fsp3) is 0.667. The van der Waals surface area contributed by atoms with Crippen molar-refractivity contribution >= 4 is 10.0 Å². The molecule has 1 aromatic rings. The van der Waals surface area contributed by atoms with Crippen molar-refractivity contribution in [3.05, 3.63) is 27.0 Å². The highest BCUT2D eigenvalue weighted by molar-refractivity contribution is 7.89. The van der Waals surface area contributed by atoms with Crippen LogP contribution < -0.4 is 21.7 Å². The normalized spacial score (nSPS) is 23.2. The highest BCUT2D eigenvalue weighted by Crippen LogP contribution is 2.18. The number of nitrogens with one attached hydrogen (secondary N) is 1. The van der Waals surface area contributed by atoms with E-state index in [2.05, 4.69) is 4.72 Å². The van der Waals surface area contributed by atoms with Gasteiger partial charge in [-0.25, -0.2) is 17.9 Å². The van der Waals surface area contributed by atoms with Crippen LogP contribution in [0.1, 0.15) is 25.7 Å². The van der Waals surface area contributed by atoms with E-state index in [0.29, 0.717) is 6.42 Å². The molecule has 8 nitrogen and oxygen atoms in total. The van der Waals surface area contributed by atoms with E-state index in [1.807, 2.05) is 0 Å². The molecule has 2 rings (SSSR count). The van der Waals surface area contributed by atoms with E-state index in [1.54, 1.807) is 0 Å². The van der Waals surface area contributed by atoms with Crippen molar-refractivity contribution in [3.63, 3.8) is 0 Å². The predicted molar refractivity (Wildman–Crippen MR) is 77.5 cm³/mol. The standard InChI is InChI=1S/C12H20N4O4S/c1-15-7-10(11(17)16(2)12(15)18)21(19,20)14-9-6-4-3-5-8(9)13/h7-9,14H,3-6,13H2,1-2H3/t8-,9-/m1/s1. The quantitative estimate of drug-likeness (QED) is 0.714. The molecule has 1 aliphatic carbocycles. The molecular weight excluding hydrogens is 296 g/mol. The van der Waals surface area contributed by atoms with Crippen LogP contribution in [0.4, 0.5) is 0 Å². The van der Waals surface area contributed by atoms with Crippen molar-refractivity contribution in [1.29, 1.82) is 0 Å². The molecule has 0 radical (unpaired) electrons. The van der Waals surface area contributed by atoms with Crippen LogP contribution in [-0.4, -0.2) is 29.6 Å². The number of sulfonamides is 1. The zero-order valence-corrected chi connectivity index (χ0v) is 12.9. The van der Waals surface area contributed by atoms with E-state index in [1.165, 1.54) is 14.1 Å². The van der Waals surface area contributed by atoms with Gasteiger partial charge in [-0.1, -0.05) is 12.8 Å². The molecule has 1 heterocycles. The molecule has 1 aliphatic rings. The van der Waals surface area contributed by atoms with Crippen molar-refractivity contribution in [3.8, 4) is 0 Å². The zero-order chi connectivity index (χ0) is 15.8. The van der Waals surface area contributed by atoms with Crippen LogP contribution in [0.3, 0.4) is 0 Å².